The molecule has 0 spiro atoms. The van der Waals surface area contributed by atoms with Crippen molar-refractivity contribution in [3.05, 3.63) is 32.6 Å². The van der Waals surface area contributed by atoms with Crippen molar-refractivity contribution < 1.29 is 33.2 Å². The lowest BCUT2D eigenvalue weighted by atomic mass is 10.1. The second kappa shape index (κ2) is 5.26. The van der Waals surface area contributed by atoms with Gasteiger partial charge >= 0.3 is 11.9 Å². The highest BCUT2D eigenvalue weighted by molar-refractivity contribution is 5.05. The van der Waals surface area contributed by atoms with Crippen molar-refractivity contribution >= 4 is 0 Å². The van der Waals surface area contributed by atoms with E-state index in [0.717, 1.165) is 0 Å². The topological polar surface area (TPSA) is 125 Å². The molecule has 1 aliphatic rings. The summed E-state index contributed by atoms with van der Waals surface area (Å²) in [6.45, 7) is -0.706. The summed E-state index contributed by atoms with van der Waals surface area (Å²) in [7, 11) is 0. The highest BCUT2D eigenvalue weighted by Gasteiger charge is 2.45. The van der Waals surface area contributed by atoms with Crippen LogP contribution in [-0.2, 0) is 10.9 Å². The zero-order chi connectivity index (χ0) is 15.9. The Morgan fingerprint density at radius 3 is 2.33 bits per heavy atom. The molecule has 0 amide bonds. The lowest BCUT2D eigenvalue weighted by molar-refractivity contribution is -0.141. The molecule has 0 aromatic carbocycles. The van der Waals surface area contributed by atoms with Crippen LogP contribution in [0.4, 0.5) is 13.2 Å². The van der Waals surface area contributed by atoms with Gasteiger partial charge in [0.1, 0.15) is 24.0 Å². The Kier molecular flexibility index (Phi) is 3.93. The largest absolute Gasteiger partial charge is 0.431 e. The van der Waals surface area contributed by atoms with Crippen LogP contribution in [-0.4, -0.2) is 49.8 Å². The van der Waals surface area contributed by atoms with Gasteiger partial charge in [0, 0.05) is 6.07 Å². The van der Waals surface area contributed by atoms with E-state index in [2.05, 4.69) is 0 Å². The van der Waals surface area contributed by atoms with Crippen LogP contribution in [0.15, 0.2) is 15.7 Å². The average molecular weight is 312 g/mol. The van der Waals surface area contributed by atoms with Crippen molar-refractivity contribution in [1.82, 2.24) is 9.55 Å². The summed E-state index contributed by atoms with van der Waals surface area (Å²) in [6, 6.07) is 0.135. The Labute approximate surface area is 114 Å². The number of nitrogens with zero attached hydrogens (tertiary/aromatic N) is 1. The fraction of sp³-hybridized carbons (Fsp3) is 0.600. The van der Waals surface area contributed by atoms with E-state index in [9.17, 15) is 33.0 Å². The monoisotopic (exact) mass is 312 g/mol. The van der Waals surface area contributed by atoms with Gasteiger partial charge in [-0.2, -0.15) is 13.2 Å². The Morgan fingerprint density at radius 2 is 1.90 bits per heavy atom. The van der Waals surface area contributed by atoms with Gasteiger partial charge in [0.15, 0.2) is 6.23 Å². The molecular weight excluding hydrogens is 301 g/mol. The quantitative estimate of drug-likeness (QED) is 0.509. The molecule has 4 N–H and O–H groups in total. The third kappa shape index (κ3) is 2.72. The van der Waals surface area contributed by atoms with Gasteiger partial charge in [0.25, 0.3) is 5.56 Å². The summed E-state index contributed by atoms with van der Waals surface area (Å²) in [6.07, 6.45) is -11.2. The van der Waals surface area contributed by atoms with Crippen LogP contribution < -0.4 is 11.2 Å². The summed E-state index contributed by atoms with van der Waals surface area (Å²) < 4.78 is 42.4. The molecule has 11 heteroatoms. The molecule has 0 radical (unpaired) electrons. The first-order valence-electron chi connectivity index (χ1n) is 5.72. The molecule has 0 saturated carbocycles. The molecule has 118 valence electrons. The number of aromatic amines is 1. The van der Waals surface area contributed by atoms with E-state index in [-0.39, 0.29) is 10.6 Å². The minimum absolute atomic E-state index is 0.135. The van der Waals surface area contributed by atoms with Crippen LogP contribution in [0, 0.1) is 0 Å². The normalized spacial score (nSPS) is 29.8. The second-order valence-electron chi connectivity index (χ2n) is 4.42. The van der Waals surface area contributed by atoms with Crippen LogP contribution in [0.3, 0.4) is 0 Å². The summed E-state index contributed by atoms with van der Waals surface area (Å²) in [5.41, 5.74) is -4.36. The maximum Gasteiger partial charge on any atom is 0.431 e. The van der Waals surface area contributed by atoms with Crippen molar-refractivity contribution in [2.24, 2.45) is 0 Å². The van der Waals surface area contributed by atoms with Gasteiger partial charge in [0.05, 0.1) is 6.61 Å². The third-order valence-electron chi connectivity index (χ3n) is 3.04. The Morgan fingerprint density at radius 1 is 1.29 bits per heavy atom. The first-order valence-corrected chi connectivity index (χ1v) is 5.72. The fourth-order valence-electron chi connectivity index (χ4n) is 1.99. The number of alkyl halides is 3. The number of nitrogens with one attached hydrogen (secondary N) is 1. The number of H-pyrrole nitrogens is 1. The van der Waals surface area contributed by atoms with Crippen LogP contribution in [0.2, 0.25) is 0 Å². The van der Waals surface area contributed by atoms with E-state index in [4.69, 9.17) is 9.84 Å². The number of ether oxygens (including phenoxy) is 1. The smallest absolute Gasteiger partial charge is 0.394 e. The number of aromatic nitrogens is 2. The average Bonchev–Trinajstić information content (AvgIpc) is 2.65. The number of hydrogen-bond acceptors (Lipinski definition) is 6. The van der Waals surface area contributed by atoms with E-state index in [1.54, 1.807) is 0 Å². The predicted molar refractivity (Wildman–Crippen MR) is 59.3 cm³/mol. The molecule has 1 aliphatic heterocycles. The lowest BCUT2D eigenvalue weighted by Gasteiger charge is -2.17. The van der Waals surface area contributed by atoms with Crippen molar-refractivity contribution in [3.8, 4) is 0 Å². The predicted octanol–water partition coefficient (Wildman–Crippen LogP) is -1.83. The summed E-state index contributed by atoms with van der Waals surface area (Å²) in [5.74, 6) is 0. The zero-order valence-corrected chi connectivity index (χ0v) is 10.2. The molecule has 4 atom stereocenters. The van der Waals surface area contributed by atoms with E-state index >= 15 is 0 Å². The molecule has 0 unspecified atom stereocenters. The van der Waals surface area contributed by atoms with E-state index in [0.29, 0.717) is 0 Å². The first-order chi connectivity index (χ1) is 9.66. The number of hydrogen-bond donors (Lipinski definition) is 4. The highest BCUT2D eigenvalue weighted by atomic mass is 19.4. The Hall–Kier alpha value is -1.69. The van der Waals surface area contributed by atoms with E-state index < -0.39 is 54.3 Å². The van der Waals surface area contributed by atoms with Crippen LogP contribution in [0.1, 0.15) is 11.9 Å². The zero-order valence-electron chi connectivity index (χ0n) is 10.2. The molecular formula is C10H11F3N2O6. The molecule has 2 rings (SSSR count). The molecule has 1 saturated heterocycles. The second-order valence-corrected chi connectivity index (χ2v) is 4.42. The molecule has 1 fully saturated rings. The number of aliphatic hydroxyl groups is 3. The van der Waals surface area contributed by atoms with Gasteiger partial charge in [-0.05, 0) is 0 Å². The highest BCUT2D eigenvalue weighted by Crippen LogP contribution is 2.28. The Balaban J connectivity index is 2.47. The Bertz CT molecular complexity index is 608. The van der Waals surface area contributed by atoms with Gasteiger partial charge in [-0.1, -0.05) is 0 Å². The van der Waals surface area contributed by atoms with Gasteiger partial charge in [0.2, 0.25) is 0 Å². The third-order valence-corrected chi connectivity index (χ3v) is 3.04. The van der Waals surface area contributed by atoms with Crippen molar-refractivity contribution in [3.63, 3.8) is 0 Å². The number of rotatable bonds is 2. The first kappa shape index (κ1) is 15.7. The van der Waals surface area contributed by atoms with E-state index in [1.807, 2.05) is 0 Å². The molecule has 21 heavy (non-hydrogen) atoms. The fourth-order valence-corrected chi connectivity index (χ4v) is 1.99. The SMILES string of the molecule is O=c1cc(C(F)(F)F)[nH]c(=O)n1[C@@H]1O[C@H](CO)[C@@H](O)[C@H]1O. The maximum atomic E-state index is 12.4. The molecule has 0 aliphatic carbocycles. The van der Waals surface area contributed by atoms with Crippen LogP contribution >= 0.6 is 0 Å². The van der Waals surface area contributed by atoms with Crippen molar-refractivity contribution in [2.45, 2.75) is 30.7 Å². The number of aliphatic hydroxyl groups excluding tert-OH is 3. The van der Waals surface area contributed by atoms with Crippen LogP contribution in [0.5, 0.6) is 0 Å². The van der Waals surface area contributed by atoms with Gasteiger partial charge in [-0.25, -0.2) is 9.36 Å². The van der Waals surface area contributed by atoms with Crippen molar-refractivity contribution in [2.75, 3.05) is 6.61 Å². The molecule has 1 aromatic rings. The summed E-state index contributed by atoms with van der Waals surface area (Å²) in [4.78, 5) is 24.7. The minimum atomic E-state index is -4.92. The minimum Gasteiger partial charge on any atom is -0.394 e. The summed E-state index contributed by atoms with van der Waals surface area (Å²) in [5, 5.41) is 28.1. The van der Waals surface area contributed by atoms with Gasteiger partial charge < -0.3 is 25.0 Å². The number of halogens is 3. The standard InChI is InChI=1S/C10H11F3N2O6/c11-10(12,13)4-1-5(17)15(9(20)14-4)8-7(19)6(18)3(2-16)21-8/h1,3,6-8,16,18-19H,2H2,(H,14,20)/t3-,6-,7-,8-/m1/s1. The van der Waals surface area contributed by atoms with E-state index in [1.165, 1.54) is 4.98 Å². The lowest BCUT2D eigenvalue weighted by Crippen LogP contribution is -2.43. The van der Waals surface area contributed by atoms with Crippen LogP contribution in [0.25, 0.3) is 0 Å². The molecule has 1 aromatic heterocycles. The molecule has 2 heterocycles. The summed E-state index contributed by atoms with van der Waals surface area (Å²) >= 11 is 0. The van der Waals surface area contributed by atoms with Gasteiger partial charge in [-0.3, -0.25) is 4.79 Å². The maximum absolute atomic E-state index is 12.4. The molecule has 8 nitrogen and oxygen atoms in total. The molecule has 0 bridgehead atoms. The van der Waals surface area contributed by atoms with Crippen molar-refractivity contribution in [1.29, 1.82) is 0 Å². The van der Waals surface area contributed by atoms with Gasteiger partial charge in [-0.15, -0.1) is 0 Å².